The quantitative estimate of drug-likeness (QED) is 0.509. The van der Waals surface area contributed by atoms with Crippen LogP contribution in [0.25, 0.3) is 5.65 Å². The third-order valence-electron chi connectivity index (χ3n) is 5.65. The van der Waals surface area contributed by atoms with E-state index in [1.54, 1.807) is 18.3 Å². The topological polar surface area (TPSA) is 75.5 Å². The van der Waals surface area contributed by atoms with Gasteiger partial charge in [0.15, 0.2) is 0 Å². The van der Waals surface area contributed by atoms with E-state index in [2.05, 4.69) is 15.2 Å². The van der Waals surface area contributed by atoms with E-state index in [1.807, 2.05) is 52.8 Å². The van der Waals surface area contributed by atoms with Crippen LogP contribution in [0.5, 0.6) is 5.75 Å². The number of amides is 1. The SMILES string of the molecule is Cc1cccn2cc(C(=O)N3CC[C@H](c4cc(COc5ccc(Cl)cc5)[nH]n4)C3)nc12. The number of H-pyrrole nitrogens is 1. The standard InChI is InChI=1S/C23H22ClN5O2/c1-15-3-2-9-28-13-21(25-22(15)28)23(30)29-10-8-16(12-29)20-11-18(26-27-20)14-31-19-6-4-17(24)5-7-19/h2-7,9,11,13,16H,8,10,12,14H2,1H3,(H,26,27)/t16-/m0/s1. The van der Waals surface area contributed by atoms with Gasteiger partial charge in [-0.1, -0.05) is 17.7 Å². The minimum atomic E-state index is -0.0348. The van der Waals surface area contributed by atoms with Gasteiger partial charge >= 0.3 is 0 Å². The molecule has 1 aromatic carbocycles. The number of fused-ring (bicyclic) bond motifs is 1. The highest BCUT2D eigenvalue weighted by Gasteiger charge is 2.30. The minimum Gasteiger partial charge on any atom is -0.487 e. The lowest BCUT2D eigenvalue weighted by Crippen LogP contribution is -2.28. The van der Waals surface area contributed by atoms with Crippen LogP contribution in [0.1, 0.15) is 39.8 Å². The molecule has 1 atom stereocenters. The van der Waals surface area contributed by atoms with Crippen molar-refractivity contribution in [1.29, 1.82) is 0 Å². The van der Waals surface area contributed by atoms with Crippen molar-refractivity contribution in [3.63, 3.8) is 0 Å². The summed E-state index contributed by atoms with van der Waals surface area (Å²) in [4.78, 5) is 19.4. The zero-order valence-electron chi connectivity index (χ0n) is 17.1. The molecule has 8 heteroatoms. The van der Waals surface area contributed by atoms with Gasteiger partial charge < -0.3 is 14.0 Å². The maximum atomic E-state index is 13.0. The molecule has 0 bridgehead atoms. The summed E-state index contributed by atoms with van der Waals surface area (Å²) in [6, 6.07) is 13.2. The van der Waals surface area contributed by atoms with E-state index in [9.17, 15) is 4.79 Å². The molecule has 3 aromatic heterocycles. The normalized spacial score (nSPS) is 16.2. The van der Waals surface area contributed by atoms with Gasteiger partial charge in [-0.05, 0) is 55.3 Å². The molecule has 1 aliphatic rings. The van der Waals surface area contributed by atoms with E-state index >= 15 is 0 Å². The molecule has 0 saturated carbocycles. The summed E-state index contributed by atoms with van der Waals surface area (Å²) < 4.78 is 7.67. The van der Waals surface area contributed by atoms with Crippen LogP contribution >= 0.6 is 11.6 Å². The van der Waals surface area contributed by atoms with E-state index in [4.69, 9.17) is 16.3 Å². The van der Waals surface area contributed by atoms with Crippen LogP contribution < -0.4 is 4.74 Å². The Hall–Kier alpha value is -3.32. The summed E-state index contributed by atoms with van der Waals surface area (Å²) in [5, 5.41) is 8.17. The second kappa shape index (κ2) is 8.07. The number of aromatic nitrogens is 4. The van der Waals surface area contributed by atoms with E-state index in [1.165, 1.54) is 0 Å². The highest BCUT2D eigenvalue weighted by atomic mass is 35.5. The zero-order chi connectivity index (χ0) is 21.4. The Kier molecular flexibility index (Phi) is 5.11. The fourth-order valence-corrected chi connectivity index (χ4v) is 4.09. The van der Waals surface area contributed by atoms with Gasteiger partial charge in [-0.25, -0.2) is 4.98 Å². The van der Waals surface area contributed by atoms with Crippen LogP contribution in [0.4, 0.5) is 0 Å². The molecule has 158 valence electrons. The zero-order valence-corrected chi connectivity index (χ0v) is 17.8. The Morgan fingerprint density at radius 2 is 2.13 bits per heavy atom. The molecule has 7 nitrogen and oxygen atoms in total. The van der Waals surface area contributed by atoms with Gasteiger partial charge in [0.2, 0.25) is 0 Å². The van der Waals surface area contributed by atoms with Crippen molar-refractivity contribution in [3.8, 4) is 5.75 Å². The van der Waals surface area contributed by atoms with Crippen LogP contribution in [0.2, 0.25) is 5.02 Å². The molecule has 4 heterocycles. The number of hydrogen-bond acceptors (Lipinski definition) is 4. The van der Waals surface area contributed by atoms with E-state index < -0.39 is 0 Å². The monoisotopic (exact) mass is 435 g/mol. The fraction of sp³-hybridized carbons (Fsp3) is 0.261. The lowest BCUT2D eigenvalue weighted by molar-refractivity contribution is 0.0785. The number of nitrogens with one attached hydrogen (secondary N) is 1. The third kappa shape index (κ3) is 4.01. The number of pyridine rings is 1. The first-order valence-corrected chi connectivity index (χ1v) is 10.6. The van der Waals surface area contributed by atoms with Gasteiger partial charge in [-0.2, -0.15) is 5.10 Å². The number of aryl methyl sites for hydroxylation is 1. The Bertz CT molecular complexity index is 1230. The van der Waals surface area contributed by atoms with Crippen molar-refractivity contribution in [3.05, 3.63) is 82.5 Å². The number of nitrogens with zero attached hydrogens (tertiary/aromatic N) is 4. The molecule has 31 heavy (non-hydrogen) atoms. The number of aromatic amines is 1. The second-order valence-corrected chi connectivity index (χ2v) is 8.28. The van der Waals surface area contributed by atoms with Crippen molar-refractivity contribution in [2.45, 2.75) is 25.9 Å². The number of rotatable bonds is 5. The van der Waals surface area contributed by atoms with Crippen molar-refractivity contribution < 1.29 is 9.53 Å². The summed E-state index contributed by atoms with van der Waals surface area (Å²) in [7, 11) is 0. The molecule has 1 fully saturated rings. The van der Waals surface area contributed by atoms with Gasteiger partial charge in [0.25, 0.3) is 5.91 Å². The maximum Gasteiger partial charge on any atom is 0.274 e. The summed E-state index contributed by atoms with van der Waals surface area (Å²) in [5.41, 5.74) is 4.19. The second-order valence-electron chi connectivity index (χ2n) is 7.85. The summed E-state index contributed by atoms with van der Waals surface area (Å²) >= 11 is 5.90. The first kappa shape index (κ1) is 19.6. The Morgan fingerprint density at radius 3 is 2.94 bits per heavy atom. The van der Waals surface area contributed by atoms with Gasteiger partial charge in [0, 0.05) is 36.4 Å². The lowest BCUT2D eigenvalue weighted by atomic mass is 10.1. The number of halogens is 1. The van der Waals surface area contributed by atoms with Crippen LogP contribution in [-0.2, 0) is 6.61 Å². The molecule has 5 rings (SSSR count). The van der Waals surface area contributed by atoms with Crippen LogP contribution in [0.15, 0.2) is 54.9 Å². The summed E-state index contributed by atoms with van der Waals surface area (Å²) in [6.07, 6.45) is 4.59. The van der Waals surface area contributed by atoms with Gasteiger partial charge in [-0.3, -0.25) is 9.89 Å². The average molecular weight is 436 g/mol. The molecule has 1 amide bonds. The van der Waals surface area contributed by atoms with Crippen molar-refractivity contribution in [1.82, 2.24) is 24.5 Å². The maximum absolute atomic E-state index is 13.0. The Morgan fingerprint density at radius 1 is 1.29 bits per heavy atom. The third-order valence-corrected chi connectivity index (χ3v) is 5.90. The number of hydrogen-bond donors (Lipinski definition) is 1. The number of imidazole rings is 1. The lowest BCUT2D eigenvalue weighted by Gasteiger charge is -2.14. The van der Waals surface area contributed by atoms with Crippen molar-refractivity contribution >= 4 is 23.2 Å². The first-order valence-electron chi connectivity index (χ1n) is 10.2. The smallest absolute Gasteiger partial charge is 0.274 e. The van der Waals surface area contributed by atoms with Crippen LogP contribution in [-0.4, -0.2) is 43.5 Å². The van der Waals surface area contributed by atoms with Gasteiger partial charge in [0.1, 0.15) is 23.7 Å². The van der Waals surface area contributed by atoms with Crippen molar-refractivity contribution in [2.24, 2.45) is 0 Å². The number of carbonyl (C=O) groups excluding carboxylic acids is 1. The molecule has 1 aliphatic heterocycles. The molecule has 0 spiro atoms. The molecule has 1 saturated heterocycles. The van der Waals surface area contributed by atoms with E-state index in [0.717, 1.165) is 34.8 Å². The van der Waals surface area contributed by atoms with Gasteiger partial charge in [-0.15, -0.1) is 0 Å². The number of likely N-dealkylation sites (tertiary alicyclic amines) is 1. The molecule has 0 aliphatic carbocycles. The molecular weight excluding hydrogens is 414 g/mol. The highest BCUT2D eigenvalue weighted by molar-refractivity contribution is 6.30. The summed E-state index contributed by atoms with van der Waals surface area (Å²) in [5.74, 6) is 0.913. The number of ether oxygens (including phenoxy) is 1. The minimum absolute atomic E-state index is 0.0348. The average Bonchev–Trinajstić information content (AvgIpc) is 3.52. The molecule has 4 aromatic rings. The van der Waals surface area contributed by atoms with E-state index in [-0.39, 0.29) is 11.8 Å². The number of benzene rings is 1. The Labute approximate surface area is 184 Å². The molecular formula is C23H22ClN5O2. The first-order chi connectivity index (χ1) is 15.1. The molecule has 0 unspecified atom stereocenters. The molecule has 0 radical (unpaired) electrons. The van der Waals surface area contributed by atoms with Crippen molar-refractivity contribution in [2.75, 3.05) is 13.1 Å². The fourth-order valence-electron chi connectivity index (χ4n) is 3.96. The summed E-state index contributed by atoms with van der Waals surface area (Å²) in [6.45, 7) is 3.72. The molecule has 1 N–H and O–H groups in total. The van der Waals surface area contributed by atoms with E-state index in [0.29, 0.717) is 30.4 Å². The highest BCUT2D eigenvalue weighted by Crippen LogP contribution is 2.28. The predicted octanol–water partition coefficient (Wildman–Crippen LogP) is 4.23. The largest absolute Gasteiger partial charge is 0.487 e. The van der Waals surface area contributed by atoms with Crippen LogP contribution in [0.3, 0.4) is 0 Å². The van der Waals surface area contributed by atoms with Gasteiger partial charge in [0.05, 0.1) is 11.4 Å². The number of carbonyl (C=O) groups is 1. The predicted molar refractivity (Wildman–Crippen MR) is 118 cm³/mol. The van der Waals surface area contributed by atoms with Crippen LogP contribution in [0, 0.1) is 6.92 Å². The Balaban J connectivity index is 1.22.